The normalized spacial score (nSPS) is 28.1. The molecule has 0 N–H and O–H groups in total. The van der Waals surface area contributed by atoms with E-state index in [9.17, 15) is 9.18 Å². The van der Waals surface area contributed by atoms with Gasteiger partial charge in [0.15, 0.2) is 0 Å². The van der Waals surface area contributed by atoms with Gasteiger partial charge in [-0.25, -0.2) is 4.39 Å². The molecule has 2 atom stereocenters. The predicted octanol–water partition coefficient (Wildman–Crippen LogP) is 2.70. The van der Waals surface area contributed by atoms with Crippen molar-refractivity contribution >= 4 is 5.97 Å². The molecule has 0 radical (unpaired) electrons. The van der Waals surface area contributed by atoms with Crippen molar-refractivity contribution in [3.8, 4) is 0 Å². The fourth-order valence-corrected chi connectivity index (χ4v) is 1.99. The van der Waals surface area contributed by atoms with Crippen molar-refractivity contribution in [3.63, 3.8) is 0 Å². The van der Waals surface area contributed by atoms with Gasteiger partial charge in [-0.1, -0.05) is 13.8 Å². The molecular weight excluding hydrogens is 183 g/mol. The van der Waals surface area contributed by atoms with Gasteiger partial charge in [0.05, 0.1) is 13.0 Å². The Bertz CT molecular complexity index is 288. The van der Waals surface area contributed by atoms with E-state index in [1.165, 1.54) is 7.11 Å². The number of carbonyl (C=O) groups excluding carboxylic acids is 1. The number of esters is 1. The fourth-order valence-electron chi connectivity index (χ4n) is 1.99. The number of hydrogen-bond donors (Lipinski definition) is 0. The summed E-state index contributed by atoms with van der Waals surface area (Å²) in [6.07, 6.45) is 0. The summed E-state index contributed by atoms with van der Waals surface area (Å²) < 4.78 is 18.3. The van der Waals surface area contributed by atoms with E-state index >= 15 is 0 Å². The van der Waals surface area contributed by atoms with Crippen LogP contribution in [0.3, 0.4) is 0 Å². The standard InChI is InChI=1S/C11H17FO2/c1-6(2)9(12)7-8(10(13)14-5)11(7,3)4/h7-8H,1-5H3/t7-,8-/m1/s1. The van der Waals surface area contributed by atoms with Crippen molar-refractivity contribution in [1.82, 2.24) is 0 Å². The minimum Gasteiger partial charge on any atom is -0.469 e. The van der Waals surface area contributed by atoms with Gasteiger partial charge < -0.3 is 4.74 Å². The molecule has 0 aromatic rings. The minimum atomic E-state index is -0.317. The van der Waals surface area contributed by atoms with E-state index in [1.807, 2.05) is 13.8 Å². The first kappa shape index (κ1) is 11.2. The molecule has 80 valence electrons. The smallest absolute Gasteiger partial charge is 0.309 e. The van der Waals surface area contributed by atoms with Crippen LogP contribution in [0.25, 0.3) is 0 Å². The van der Waals surface area contributed by atoms with Crippen molar-refractivity contribution in [2.24, 2.45) is 17.3 Å². The largest absolute Gasteiger partial charge is 0.469 e. The van der Waals surface area contributed by atoms with Crippen molar-refractivity contribution in [2.45, 2.75) is 27.7 Å². The van der Waals surface area contributed by atoms with Gasteiger partial charge in [0.2, 0.25) is 0 Å². The molecule has 1 aliphatic rings. The van der Waals surface area contributed by atoms with Crippen molar-refractivity contribution in [2.75, 3.05) is 7.11 Å². The second-order valence-electron chi connectivity index (χ2n) is 4.65. The lowest BCUT2D eigenvalue weighted by molar-refractivity contribution is -0.143. The zero-order valence-electron chi connectivity index (χ0n) is 9.35. The molecule has 0 saturated heterocycles. The summed E-state index contributed by atoms with van der Waals surface area (Å²) in [6.45, 7) is 7.22. The van der Waals surface area contributed by atoms with E-state index in [2.05, 4.69) is 4.74 Å². The molecule has 1 aliphatic carbocycles. The topological polar surface area (TPSA) is 26.3 Å². The third-order valence-electron chi connectivity index (χ3n) is 3.03. The highest BCUT2D eigenvalue weighted by Crippen LogP contribution is 2.62. The molecule has 0 spiro atoms. The number of rotatable bonds is 2. The lowest BCUT2D eigenvalue weighted by Crippen LogP contribution is -2.07. The number of halogens is 1. The maximum absolute atomic E-state index is 13.6. The van der Waals surface area contributed by atoms with Crippen LogP contribution < -0.4 is 0 Å². The average molecular weight is 200 g/mol. The maximum atomic E-state index is 13.6. The molecule has 2 nitrogen and oxygen atoms in total. The van der Waals surface area contributed by atoms with Crippen LogP contribution in [0.15, 0.2) is 11.4 Å². The Morgan fingerprint density at radius 2 is 1.79 bits per heavy atom. The third kappa shape index (κ3) is 1.56. The summed E-state index contributed by atoms with van der Waals surface area (Å²) in [5.41, 5.74) is 0.350. The average Bonchev–Trinajstić information content (AvgIpc) is 2.66. The van der Waals surface area contributed by atoms with Gasteiger partial charge in [0.25, 0.3) is 0 Å². The number of ether oxygens (including phenoxy) is 1. The molecule has 0 amide bonds. The summed E-state index contributed by atoms with van der Waals surface area (Å²) in [5, 5.41) is 0. The minimum absolute atomic E-state index is 0.162. The molecule has 1 saturated carbocycles. The summed E-state index contributed by atoms with van der Waals surface area (Å²) in [5.74, 6) is -1.08. The fraction of sp³-hybridized carbons (Fsp3) is 0.727. The first-order valence-electron chi connectivity index (χ1n) is 4.74. The quantitative estimate of drug-likeness (QED) is 0.640. The van der Waals surface area contributed by atoms with Crippen LogP contribution in [-0.2, 0) is 9.53 Å². The Kier molecular flexibility index (Phi) is 2.70. The summed E-state index contributed by atoms with van der Waals surface area (Å²) in [6, 6.07) is 0. The Hall–Kier alpha value is -0.860. The molecule has 1 rings (SSSR count). The second-order valence-corrected chi connectivity index (χ2v) is 4.65. The number of methoxy groups -OCH3 is 1. The van der Waals surface area contributed by atoms with E-state index in [0.29, 0.717) is 5.57 Å². The monoisotopic (exact) mass is 200 g/mol. The molecule has 0 aromatic heterocycles. The van der Waals surface area contributed by atoms with Crippen molar-refractivity contribution in [1.29, 1.82) is 0 Å². The third-order valence-corrected chi connectivity index (χ3v) is 3.03. The van der Waals surface area contributed by atoms with Crippen LogP contribution in [0.2, 0.25) is 0 Å². The highest BCUT2D eigenvalue weighted by atomic mass is 19.1. The summed E-state index contributed by atoms with van der Waals surface area (Å²) in [4.78, 5) is 11.3. The second kappa shape index (κ2) is 3.37. The first-order chi connectivity index (χ1) is 6.34. The Morgan fingerprint density at radius 3 is 2.14 bits per heavy atom. The molecule has 0 bridgehead atoms. The highest BCUT2D eigenvalue weighted by Gasteiger charge is 2.64. The van der Waals surface area contributed by atoms with E-state index in [0.717, 1.165) is 0 Å². The molecule has 0 unspecified atom stereocenters. The van der Waals surface area contributed by atoms with Gasteiger partial charge in [-0.3, -0.25) is 4.79 Å². The number of carbonyl (C=O) groups is 1. The van der Waals surface area contributed by atoms with E-state index < -0.39 is 0 Å². The molecular formula is C11H17FO2. The van der Waals surface area contributed by atoms with Gasteiger partial charge in [-0.15, -0.1) is 0 Å². The van der Waals surface area contributed by atoms with Crippen LogP contribution in [0.1, 0.15) is 27.7 Å². The molecule has 0 heterocycles. The first-order valence-corrected chi connectivity index (χ1v) is 4.74. The Labute approximate surface area is 84.1 Å². The van der Waals surface area contributed by atoms with Crippen molar-refractivity contribution in [3.05, 3.63) is 11.4 Å². The van der Waals surface area contributed by atoms with E-state index in [1.54, 1.807) is 13.8 Å². The lowest BCUT2D eigenvalue weighted by Gasteiger charge is -2.00. The van der Waals surface area contributed by atoms with Crippen LogP contribution in [0, 0.1) is 17.3 Å². The zero-order chi connectivity index (χ0) is 11.1. The predicted molar refractivity (Wildman–Crippen MR) is 52.3 cm³/mol. The molecule has 3 heteroatoms. The van der Waals surface area contributed by atoms with E-state index in [4.69, 9.17) is 0 Å². The molecule has 0 aliphatic heterocycles. The SMILES string of the molecule is COC(=O)[C@H]1[C@H](C(F)=C(C)C)C1(C)C. The van der Waals surface area contributed by atoms with Crippen LogP contribution in [0.4, 0.5) is 4.39 Å². The number of allylic oxidation sites excluding steroid dienone is 2. The van der Waals surface area contributed by atoms with Gasteiger partial charge in [0.1, 0.15) is 5.83 Å². The van der Waals surface area contributed by atoms with Gasteiger partial charge in [-0.2, -0.15) is 0 Å². The Balaban J connectivity index is 2.87. The zero-order valence-corrected chi connectivity index (χ0v) is 9.35. The molecule has 0 aromatic carbocycles. The highest BCUT2D eigenvalue weighted by molar-refractivity contribution is 5.78. The van der Waals surface area contributed by atoms with Gasteiger partial charge in [-0.05, 0) is 24.8 Å². The van der Waals surface area contributed by atoms with Gasteiger partial charge >= 0.3 is 5.97 Å². The maximum Gasteiger partial charge on any atom is 0.309 e. The van der Waals surface area contributed by atoms with E-state index in [-0.39, 0.29) is 29.0 Å². The van der Waals surface area contributed by atoms with Crippen LogP contribution in [0.5, 0.6) is 0 Å². The number of hydrogen-bond acceptors (Lipinski definition) is 2. The lowest BCUT2D eigenvalue weighted by atomic mass is 10.1. The Morgan fingerprint density at radius 1 is 1.29 bits per heavy atom. The van der Waals surface area contributed by atoms with Crippen LogP contribution >= 0.6 is 0 Å². The summed E-state index contributed by atoms with van der Waals surface area (Å²) >= 11 is 0. The van der Waals surface area contributed by atoms with Gasteiger partial charge in [0, 0.05) is 5.92 Å². The molecule has 1 fully saturated rings. The summed E-state index contributed by atoms with van der Waals surface area (Å²) in [7, 11) is 1.34. The molecule has 14 heavy (non-hydrogen) atoms. The van der Waals surface area contributed by atoms with Crippen molar-refractivity contribution < 1.29 is 13.9 Å². The van der Waals surface area contributed by atoms with Crippen LogP contribution in [-0.4, -0.2) is 13.1 Å².